The second kappa shape index (κ2) is 9.89. The number of rotatable bonds is 6. The van der Waals surface area contributed by atoms with Crippen molar-refractivity contribution in [3.63, 3.8) is 0 Å². The molecule has 0 spiro atoms. The molecule has 0 aliphatic carbocycles. The highest BCUT2D eigenvalue weighted by Gasteiger charge is 2.17. The van der Waals surface area contributed by atoms with Gasteiger partial charge in [-0.3, -0.25) is 4.79 Å². The van der Waals surface area contributed by atoms with Gasteiger partial charge < -0.3 is 9.84 Å². The van der Waals surface area contributed by atoms with Gasteiger partial charge in [-0.2, -0.15) is 5.10 Å². The SMILES string of the molecule is Cc1ccc(C(=O)Oc2ccc3ccccc3c2/C=N\NC(=O)[C@H](O)c2ccccc2)cc1. The van der Waals surface area contributed by atoms with Crippen molar-refractivity contribution < 1.29 is 19.4 Å². The molecule has 0 saturated carbocycles. The van der Waals surface area contributed by atoms with Crippen LogP contribution in [0.4, 0.5) is 0 Å². The van der Waals surface area contributed by atoms with Crippen LogP contribution in [0.1, 0.15) is 33.2 Å². The summed E-state index contributed by atoms with van der Waals surface area (Å²) in [5.74, 6) is -0.861. The number of carbonyl (C=O) groups is 2. The number of aryl methyl sites for hydroxylation is 1. The molecule has 164 valence electrons. The number of esters is 1. The maximum absolute atomic E-state index is 12.7. The first-order valence-electron chi connectivity index (χ1n) is 10.4. The first-order chi connectivity index (χ1) is 16.0. The molecule has 4 aromatic rings. The van der Waals surface area contributed by atoms with Gasteiger partial charge >= 0.3 is 5.97 Å². The quantitative estimate of drug-likeness (QED) is 0.200. The fourth-order valence-corrected chi connectivity index (χ4v) is 3.35. The Kier molecular flexibility index (Phi) is 6.57. The van der Waals surface area contributed by atoms with E-state index in [1.807, 2.05) is 49.4 Å². The number of hydrogen-bond donors (Lipinski definition) is 2. The third kappa shape index (κ3) is 5.14. The predicted octanol–water partition coefficient (Wildman–Crippen LogP) is 4.55. The standard InChI is InChI=1S/C27H22N2O4/c1-18-11-13-21(14-12-18)27(32)33-24-16-15-19-7-5-6-10-22(19)23(24)17-28-29-26(31)25(30)20-8-3-2-4-9-20/h2-17,25,30H,1H3,(H,29,31)/b28-17-/t25-/m1/s1. The summed E-state index contributed by atoms with van der Waals surface area (Å²) >= 11 is 0. The summed E-state index contributed by atoms with van der Waals surface area (Å²) in [6, 6.07) is 26.8. The minimum atomic E-state index is -1.35. The number of benzene rings is 4. The molecule has 6 heteroatoms. The molecule has 0 radical (unpaired) electrons. The van der Waals surface area contributed by atoms with Crippen molar-refractivity contribution >= 4 is 28.9 Å². The van der Waals surface area contributed by atoms with E-state index in [1.165, 1.54) is 6.21 Å². The first kappa shape index (κ1) is 21.9. The van der Waals surface area contributed by atoms with Crippen molar-refractivity contribution in [3.05, 3.63) is 113 Å². The molecular weight excluding hydrogens is 416 g/mol. The Morgan fingerprint density at radius 2 is 1.61 bits per heavy atom. The van der Waals surface area contributed by atoms with Crippen LogP contribution in [0.2, 0.25) is 0 Å². The minimum Gasteiger partial charge on any atom is -0.422 e. The highest BCUT2D eigenvalue weighted by Crippen LogP contribution is 2.27. The number of amides is 1. The molecule has 0 unspecified atom stereocenters. The minimum absolute atomic E-state index is 0.306. The Bertz CT molecular complexity index is 1320. The normalized spacial score (nSPS) is 11.9. The van der Waals surface area contributed by atoms with Gasteiger partial charge in [0.2, 0.25) is 0 Å². The van der Waals surface area contributed by atoms with E-state index >= 15 is 0 Å². The number of aliphatic hydroxyl groups excluding tert-OH is 1. The molecule has 4 rings (SSSR count). The summed E-state index contributed by atoms with van der Waals surface area (Å²) in [5, 5.41) is 16.0. The average molecular weight is 438 g/mol. The van der Waals surface area contributed by atoms with Crippen LogP contribution < -0.4 is 10.2 Å². The molecule has 0 saturated heterocycles. The lowest BCUT2D eigenvalue weighted by molar-refractivity contribution is -0.129. The van der Waals surface area contributed by atoms with Crippen molar-refractivity contribution in [2.75, 3.05) is 0 Å². The monoisotopic (exact) mass is 438 g/mol. The molecule has 1 amide bonds. The number of ether oxygens (including phenoxy) is 1. The van der Waals surface area contributed by atoms with Gasteiger partial charge in [0.25, 0.3) is 5.91 Å². The van der Waals surface area contributed by atoms with Crippen molar-refractivity contribution in [1.29, 1.82) is 0 Å². The molecule has 4 aromatic carbocycles. The lowest BCUT2D eigenvalue weighted by atomic mass is 10.0. The second-order valence-electron chi connectivity index (χ2n) is 7.50. The second-order valence-corrected chi connectivity index (χ2v) is 7.50. The van der Waals surface area contributed by atoms with Crippen LogP contribution >= 0.6 is 0 Å². The van der Waals surface area contributed by atoms with Crippen LogP contribution in [0.25, 0.3) is 10.8 Å². The molecule has 0 aromatic heterocycles. The van der Waals surface area contributed by atoms with Gasteiger partial charge in [-0.1, -0.05) is 78.4 Å². The molecule has 2 N–H and O–H groups in total. The topological polar surface area (TPSA) is 88.0 Å². The summed E-state index contributed by atoms with van der Waals surface area (Å²) in [6.45, 7) is 1.94. The predicted molar refractivity (Wildman–Crippen MR) is 127 cm³/mol. The summed E-state index contributed by atoms with van der Waals surface area (Å²) in [6.07, 6.45) is 0.0603. The lowest BCUT2D eigenvalue weighted by Crippen LogP contribution is -2.25. The van der Waals surface area contributed by atoms with E-state index in [2.05, 4.69) is 10.5 Å². The number of hydrazone groups is 1. The van der Waals surface area contributed by atoms with Crippen LogP contribution in [0.3, 0.4) is 0 Å². The van der Waals surface area contributed by atoms with E-state index in [0.717, 1.165) is 16.3 Å². The fraction of sp³-hybridized carbons (Fsp3) is 0.0741. The van der Waals surface area contributed by atoms with Gasteiger partial charge in [0.1, 0.15) is 5.75 Å². The van der Waals surface area contributed by atoms with E-state index < -0.39 is 18.0 Å². The number of nitrogens with one attached hydrogen (secondary N) is 1. The zero-order valence-electron chi connectivity index (χ0n) is 17.9. The number of nitrogens with zero attached hydrogens (tertiary/aromatic N) is 1. The molecule has 0 heterocycles. The maximum atomic E-state index is 12.7. The Morgan fingerprint density at radius 1 is 0.909 bits per heavy atom. The zero-order chi connectivity index (χ0) is 23.2. The molecule has 0 aliphatic rings. The van der Waals surface area contributed by atoms with E-state index in [9.17, 15) is 14.7 Å². The van der Waals surface area contributed by atoms with Crippen molar-refractivity contribution in [1.82, 2.24) is 5.43 Å². The Hall–Kier alpha value is -4.29. The molecule has 33 heavy (non-hydrogen) atoms. The molecule has 1 atom stereocenters. The van der Waals surface area contributed by atoms with E-state index in [0.29, 0.717) is 22.4 Å². The Balaban J connectivity index is 1.59. The molecular formula is C27H22N2O4. The largest absolute Gasteiger partial charge is 0.422 e. The van der Waals surface area contributed by atoms with E-state index in [-0.39, 0.29) is 0 Å². The van der Waals surface area contributed by atoms with Gasteiger partial charge in [-0.05, 0) is 41.5 Å². The zero-order valence-corrected chi connectivity index (χ0v) is 17.9. The van der Waals surface area contributed by atoms with Gasteiger partial charge in [0.15, 0.2) is 6.10 Å². The lowest BCUT2D eigenvalue weighted by Gasteiger charge is -2.11. The highest BCUT2D eigenvalue weighted by molar-refractivity contribution is 6.04. The molecule has 0 aliphatic heterocycles. The van der Waals surface area contributed by atoms with Crippen molar-refractivity contribution in [2.24, 2.45) is 5.10 Å². The smallest absolute Gasteiger partial charge is 0.343 e. The van der Waals surface area contributed by atoms with Crippen LogP contribution in [0.15, 0.2) is 96.1 Å². The number of aliphatic hydroxyl groups is 1. The van der Waals surface area contributed by atoms with Crippen LogP contribution in [-0.2, 0) is 4.79 Å². The molecule has 6 nitrogen and oxygen atoms in total. The number of hydrogen-bond acceptors (Lipinski definition) is 5. The van der Waals surface area contributed by atoms with E-state index in [1.54, 1.807) is 48.5 Å². The summed E-state index contributed by atoms with van der Waals surface area (Å²) in [5.41, 5.74) is 4.81. The van der Waals surface area contributed by atoms with E-state index in [4.69, 9.17) is 4.74 Å². The van der Waals surface area contributed by atoms with Gasteiger partial charge in [-0.15, -0.1) is 0 Å². The van der Waals surface area contributed by atoms with Crippen LogP contribution in [0.5, 0.6) is 5.75 Å². The highest BCUT2D eigenvalue weighted by atomic mass is 16.5. The third-order valence-electron chi connectivity index (χ3n) is 5.15. The average Bonchev–Trinajstić information content (AvgIpc) is 2.85. The van der Waals surface area contributed by atoms with Gasteiger partial charge in [0, 0.05) is 5.56 Å². The summed E-state index contributed by atoms with van der Waals surface area (Å²) in [4.78, 5) is 25.0. The summed E-state index contributed by atoms with van der Waals surface area (Å²) < 4.78 is 5.66. The third-order valence-corrected chi connectivity index (χ3v) is 5.15. The van der Waals surface area contributed by atoms with Crippen molar-refractivity contribution in [2.45, 2.75) is 13.0 Å². The maximum Gasteiger partial charge on any atom is 0.343 e. The van der Waals surface area contributed by atoms with Crippen LogP contribution in [0, 0.1) is 6.92 Å². The van der Waals surface area contributed by atoms with Gasteiger partial charge in [0.05, 0.1) is 11.8 Å². The number of fused-ring (bicyclic) bond motifs is 1. The van der Waals surface area contributed by atoms with Crippen LogP contribution in [-0.4, -0.2) is 23.2 Å². The fourth-order valence-electron chi connectivity index (χ4n) is 3.35. The molecule has 0 bridgehead atoms. The first-order valence-corrected chi connectivity index (χ1v) is 10.4. The Labute approximate surface area is 191 Å². The molecule has 0 fully saturated rings. The van der Waals surface area contributed by atoms with Gasteiger partial charge in [-0.25, -0.2) is 10.2 Å². The van der Waals surface area contributed by atoms with Crippen molar-refractivity contribution in [3.8, 4) is 5.75 Å². The Morgan fingerprint density at radius 3 is 2.36 bits per heavy atom. The number of carbonyl (C=O) groups excluding carboxylic acids is 2. The summed E-state index contributed by atoms with van der Waals surface area (Å²) in [7, 11) is 0.